The van der Waals surface area contributed by atoms with Crippen molar-refractivity contribution in [1.29, 1.82) is 0 Å². The van der Waals surface area contributed by atoms with Crippen molar-refractivity contribution in [3.05, 3.63) is 100 Å². The van der Waals surface area contributed by atoms with E-state index in [1.807, 2.05) is 24.3 Å². The molecule has 0 radical (unpaired) electrons. The van der Waals surface area contributed by atoms with Crippen LogP contribution in [0.2, 0.25) is 0 Å². The molecular weight excluding hydrogens is 346 g/mol. The number of benzene rings is 4. The van der Waals surface area contributed by atoms with E-state index in [1.54, 1.807) is 12.1 Å². The van der Waals surface area contributed by atoms with Crippen LogP contribution in [0.15, 0.2) is 78.9 Å². The number of rotatable bonds is 2. The lowest BCUT2D eigenvalue weighted by atomic mass is 9.80. The quantitative estimate of drug-likeness (QED) is 0.292. The van der Waals surface area contributed by atoms with E-state index in [9.17, 15) is 10.1 Å². The summed E-state index contributed by atoms with van der Waals surface area (Å²) in [6, 6.07) is 25.9. The largest absolute Gasteiger partial charge is 0.277 e. The normalized spacial score (nSPS) is 13.9. The van der Waals surface area contributed by atoms with Gasteiger partial charge in [-0.15, -0.1) is 0 Å². The van der Waals surface area contributed by atoms with Crippen LogP contribution in [0, 0.1) is 10.1 Å². The van der Waals surface area contributed by atoms with Gasteiger partial charge in [-0.1, -0.05) is 74.5 Å². The summed E-state index contributed by atoms with van der Waals surface area (Å²) in [5.41, 5.74) is 6.59. The third-order valence-electron chi connectivity index (χ3n) is 5.98. The second kappa shape index (κ2) is 5.77. The topological polar surface area (TPSA) is 43.1 Å². The van der Waals surface area contributed by atoms with E-state index >= 15 is 0 Å². The van der Waals surface area contributed by atoms with Crippen LogP contribution in [-0.4, -0.2) is 4.92 Å². The third kappa shape index (κ3) is 2.16. The molecule has 0 aliphatic heterocycles. The first-order chi connectivity index (χ1) is 13.5. The molecule has 0 N–H and O–H groups in total. The summed E-state index contributed by atoms with van der Waals surface area (Å²) in [4.78, 5) is 11.4. The molecule has 28 heavy (non-hydrogen) atoms. The first-order valence-electron chi connectivity index (χ1n) is 9.40. The number of para-hydroxylation sites is 1. The maximum Gasteiger partial charge on any atom is 0.277 e. The zero-order valence-electron chi connectivity index (χ0n) is 15.8. The lowest BCUT2D eigenvalue weighted by Crippen LogP contribution is -2.15. The summed E-state index contributed by atoms with van der Waals surface area (Å²) in [7, 11) is 0. The summed E-state index contributed by atoms with van der Waals surface area (Å²) in [6.45, 7) is 4.46. The first kappa shape index (κ1) is 16.7. The minimum absolute atomic E-state index is 0.140. The second-order valence-corrected chi connectivity index (χ2v) is 7.84. The van der Waals surface area contributed by atoms with Gasteiger partial charge in [-0.25, -0.2) is 0 Å². The Bertz CT molecular complexity index is 1270. The minimum atomic E-state index is -0.294. The highest BCUT2D eigenvalue weighted by molar-refractivity contribution is 6.09. The Labute approximate surface area is 163 Å². The molecule has 1 aliphatic carbocycles. The highest BCUT2D eigenvalue weighted by Crippen LogP contribution is 2.53. The van der Waals surface area contributed by atoms with Gasteiger partial charge >= 0.3 is 0 Å². The van der Waals surface area contributed by atoms with E-state index in [0.717, 1.165) is 16.3 Å². The summed E-state index contributed by atoms with van der Waals surface area (Å²) in [5, 5.41) is 13.9. The highest BCUT2D eigenvalue weighted by Gasteiger charge is 2.37. The van der Waals surface area contributed by atoms with Gasteiger partial charge in [0.05, 0.1) is 10.5 Å². The predicted molar refractivity (Wildman–Crippen MR) is 114 cm³/mol. The average Bonchev–Trinajstić information content (AvgIpc) is 2.95. The molecule has 136 valence electrons. The van der Waals surface area contributed by atoms with Gasteiger partial charge in [-0.2, -0.15) is 0 Å². The van der Waals surface area contributed by atoms with Crippen molar-refractivity contribution in [3.8, 4) is 22.3 Å². The van der Waals surface area contributed by atoms with Crippen molar-refractivity contribution in [1.82, 2.24) is 0 Å². The van der Waals surface area contributed by atoms with Gasteiger partial charge in [0.2, 0.25) is 0 Å². The van der Waals surface area contributed by atoms with Gasteiger partial charge in [-0.05, 0) is 50.7 Å². The van der Waals surface area contributed by atoms with Crippen molar-refractivity contribution in [2.24, 2.45) is 0 Å². The van der Waals surface area contributed by atoms with Crippen molar-refractivity contribution in [2.45, 2.75) is 19.3 Å². The van der Waals surface area contributed by atoms with Gasteiger partial charge in [0, 0.05) is 11.5 Å². The second-order valence-electron chi connectivity index (χ2n) is 7.84. The van der Waals surface area contributed by atoms with Crippen LogP contribution in [0.1, 0.15) is 25.0 Å². The van der Waals surface area contributed by atoms with E-state index in [4.69, 9.17) is 0 Å². The Balaban J connectivity index is 1.94. The van der Waals surface area contributed by atoms with Gasteiger partial charge < -0.3 is 0 Å². The minimum Gasteiger partial charge on any atom is -0.258 e. The standard InChI is InChI=1S/C25H19NO2/c1-25(2)21-13-7-5-12-19(21)24-18-11-4-3-9-16(18)20(15-22(24)25)17-10-6-8-14-23(17)26(27)28/h3-15H,1-2H3. The maximum atomic E-state index is 11.7. The fraction of sp³-hybridized carbons (Fsp3) is 0.120. The molecule has 0 heterocycles. The van der Waals surface area contributed by atoms with E-state index in [1.165, 1.54) is 22.3 Å². The number of hydrogen-bond donors (Lipinski definition) is 0. The van der Waals surface area contributed by atoms with Crippen LogP contribution in [0.4, 0.5) is 5.69 Å². The Morgan fingerprint density at radius 3 is 2.07 bits per heavy atom. The summed E-state index contributed by atoms with van der Waals surface area (Å²) >= 11 is 0. The van der Waals surface area contributed by atoms with Gasteiger partial charge in [0.15, 0.2) is 0 Å². The van der Waals surface area contributed by atoms with E-state index in [2.05, 4.69) is 56.3 Å². The number of nitro groups is 1. The number of fused-ring (bicyclic) bond motifs is 5. The Kier molecular flexibility index (Phi) is 3.44. The van der Waals surface area contributed by atoms with Gasteiger partial charge in [-0.3, -0.25) is 10.1 Å². The Hall–Kier alpha value is -3.46. The Morgan fingerprint density at radius 2 is 1.32 bits per heavy atom. The fourth-order valence-electron chi connectivity index (χ4n) is 4.63. The van der Waals surface area contributed by atoms with Crippen LogP contribution in [0.5, 0.6) is 0 Å². The molecule has 0 fully saturated rings. The molecule has 3 nitrogen and oxygen atoms in total. The highest BCUT2D eigenvalue weighted by atomic mass is 16.6. The monoisotopic (exact) mass is 365 g/mol. The molecule has 3 heteroatoms. The summed E-state index contributed by atoms with van der Waals surface area (Å²) in [5.74, 6) is 0. The van der Waals surface area contributed by atoms with Crippen molar-refractivity contribution in [2.75, 3.05) is 0 Å². The van der Waals surface area contributed by atoms with E-state index in [0.29, 0.717) is 5.56 Å². The molecule has 0 saturated heterocycles. The zero-order valence-corrected chi connectivity index (χ0v) is 15.8. The first-order valence-corrected chi connectivity index (χ1v) is 9.40. The molecule has 0 atom stereocenters. The molecule has 0 amide bonds. The van der Waals surface area contributed by atoms with Crippen molar-refractivity contribution >= 4 is 16.5 Å². The third-order valence-corrected chi connectivity index (χ3v) is 5.98. The van der Waals surface area contributed by atoms with E-state index in [-0.39, 0.29) is 16.0 Å². The lowest BCUT2D eigenvalue weighted by Gasteiger charge is -2.23. The zero-order chi connectivity index (χ0) is 19.5. The molecule has 0 saturated carbocycles. The summed E-state index contributed by atoms with van der Waals surface area (Å²) in [6.07, 6.45) is 0. The molecule has 0 bridgehead atoms. The van der Waals surface area contributed by atoms with Crippen molar-refractivity contribution in [3.63, 3.8) is 0 Å². The number of nitro benzene ring substituents is 1. The molecule has 0 unspecified atom stereocenters. The van der Waals surface area contributed by atoms with Crippen molar-refractivity contribution < 1.29 is 4.92 Å². The van der Waals surface area contributed by atoms with Crippen LogP contribution < -0.4 is 0 Å². The van der Waals surface area contributed by atoms with Gasteiger partial charge in [0.1, 0.15) is 0 Å². The van der Waals surface area contributed by atoms with E-state index < -0.39 is 0 Å². The summed E-state index contributed by atoms with van der Waals surface area (Å²) < 4.78 is 0. The van der Waals surface area contributed by atoms with Crippen LogP contribution >= 0.6 is 0 Å². The number of hydrogen-bond acceptors (Lipinski definition) is 2. The van der Waals surface area contributed by atoms with Crippen LogP contribution in [-0.2, 0) is 5.41 Å². The predicted octanol–water partition coefficient (Wildman–Crippen LogP) is 6.72. The molecule has 0 spiro atoms. The smallest absolute Gasteiger partial charge is 0.258 e. The van der Waals surface area contributed by atoms with Crippen LogP contribution in [0.3, 0.4) is 0 Å². The maximum absolute atomic E-state index is 11.7. The Morgan fingerprint density at radius 1 is 0.714 bits per heavy atom. The van der Waals surface area contributed by atoms with Gasteiger partial charge in [0.25, 0.3) is 5.69 Å². The molecule has 1 aliphatic rings. The molecule has 0 aromatic heterocycles. The van der Waals surface area contributed by atoms with Crippen LogP contribution in [0.25, 0.3) is 33.0 Å². The molecular formula is C25H19NO2. The fourth-order valence-corrected chi connectivity index (χ4v) is 4.63. The molecule has 5 rings (SSSR count). The lowest BCUT2D eigenvalue weighted by molar-refractivity contribution is -0.384. The molecule has 4 aromatic rings. The SMILES string of the molecule is CC1(C)c2ccccc2-c2c1cc(-c1ccccc1[N+](=O)[O-])c1ccccc21. The average molecular weight is 365 g/mol. The number of nitrogens with zero attached hydrogens (tertiary/aromatic N) is 1. The molecule has 4 aromatic carbocycles.